The molecule has 0 radical (unpaired) electrons. The van der Waals surface area contributed by atoms with E-state index in [1.807, 2.05) is 6.92 Å². The zero-order chi connectivity index (χ0) is 13.0. The molecular weight excluding hydrogens is 235 g/mol. The number of pyridine rings is 1. The zero-order valence-electron chi connectivity index (χ0n) is 10.0. The van der Waals surface area contributed by atoms with Gasteiger partial charge in [0.1, 0.15) is 11.9 Å². The minimum atomic E-state index is -0.714. The van der Waals surface area contributed by atoms with E-state index in [1.54, 1.807) is 12.1 Å². The number of aliphatic hydroxyl groups is 1. The van der Waals surface area contributed by atoms with Crippen molar-refractivity contribution in [3.63, 3.8) is 0 Å². The number of nitrogens with one attached hydrogen (secondary N) is 1. The lowest BCUT2D eigenvalue weighted by Crippen LogP contribution is -2.20. The highest BCUT2D eigenvalue weighted by molar-refractivity contribution is 5.36. The molecule has 0 saturated heterocycles. The van der Waals surface area contributed by atoms with Gasteiger partial charge in [-0.05, 0) is 31.2 Å². The highest BCUT2D eigenvalue weighted by atomic mass is 19.1. The van der Waals surface area contributed by atoms with Crippen LogP contribution in [0.5, 0.6) is 0 Å². The SMILES string of the molecule is C[C@H](C[C@H](O)c1ccco1)Nc1ncccc1F. The second kappa shape index (κ2) is 5.64. The first kappa shape index (κ1) is 12.6. The minimum absolute atomic E-state index is 0.130. The molecule has 0 aliphatic carbocycles. The van der Waals surface area contributed by atoms with Crippen molar-refractivity contribution in [3.05, 3.63) is 48.3 Å². The average molecular weight is 250 g/mol. The summed E-state index contributed by atoms with van der Waals surface area (Å²) in [5, 5.41) is 12.8. The van der Waals surface area contributed by atoms with E-state index in [9.17, 15) is 9.50 Å². The molecule has 0 saturated carbocycles. The van der Waals surface area contributed by atoms with E-state index >= 15 is 0 Å². The Balaban J connectivity index is 1.93. The summed E-state index contributed by atoms with van der Waals surface area (Å²) < 4.78 is 18.5. The highest BCUT2D eigenvalue weighted by Gasteiger charge is 2.15. The quantitative estimate of drug-likeness (QED) is 0.856. The molecule has 2 rings (SSSR count). The first-order chi connectivity index (χ1) is 8.66. The summed E-state index contributed by atoms with van der Waals surface area (Å²) in [7, 11) is 0. The van der Waals surface area contributed by atoms with E-state index in [-0.39, 0.29) is 11.9 Å². The predicted octanol–water partition coefficient (Wildman–Crippen LogP) is 2.74. The molecule has 2 heterocycles. The van der Waals surface area contributed by atoms with Crippen LogP contribution >= 0.6 is 0 Å². The van der Waals surface area contributed by atoms with E-state index in [1.165, 1.54) is 24.6 Å². The normalized spacial score (nSPS) is 14.2. The molecule has 0 aliphatic heterocycles. The smallest absolute Gasteiger partial charge is 0.165 e. The van der Waals surface area contributed by atoms with Gasteiger partial charge in [0.15, 0.2) is 11.6 Å². The summed E-state index contributed by atoms with van der Waals surface area (Å²) in [6, 6.07) is 6.16. The van der Waals surface area contributed by atoms with Crippen LogP contribution < -0.4 is 5.32 Å². The number of nitrogens with zero attached hydrogens (tertiary/aromatic N) is 1. The lowest BCUT2D eigenvalue weighted by Gasteiger charge is -2.17. The van der Waals surface area contributed by atoms with Crippen molar-refractivity contribution in [1.82, 2.24) is 4.98 Å². The van der Waals surface area contributed by atoms with Gasteiger partial charge in [0.2, 0.25) is 0 Å². The van der Waals surface area contributed by atoms with E-state index < -0.39 is 11.9 Å². The third-order valence-electron chi connectivity index (χ3n) is 2.59. The van der Waals surface area contributed by atoms with Crippen molar-refractivity contribution in [2.45, 2.75) is 25.5 Å². The number of furan rings is 1. The molecule has 0 spiro atoms. The molecular formula is C13H15FN2O2. The van der Waals surface area contributed by atoms with Crippen LogP contribution in [0.15, 0.2) is 41.1 Å². The molecule has 5 heteroatoms. The molecule has 2 atom stereocenters. The minimum Gasteiger partial charge on any atom is -0.467 e. The van der Waals surface area contributed by atoms with Crippen LogP contribution in [0, 0.1) is 5.82 Å². The second-order valence-corrected chi connectivity index (χ2v) is 4.15. The number of anilines is 1. The van der Waals surface area contributed by atoms with Crippen LogP contribution in [0.1, 0.15) is 25.2 Å². The second-order valence-electron chi connectivity index (χ2n) is 4.15. The van der Waals surface area contributed by atoms with Crippen LogP contribution in [0.2, 0.25) is 0 Å². The van der Waals surface area contributed by atoms with Crippen molar-refractivity contribution < 1.29 is 13.9 Å². The first-order valence-corrected chi connectivity index (χ1v) is 5.75. The Morgan fingerprint density at radius 3 is 2.94 bits per heavy atom. The standard InChI is InChI=1S/C13H15FN2O2/c1-9(8-11(17)12-5-3-7-18-12)16-13-10(14)4-2-6-15-13/h2-7,9,11,17H,8H2,1H3,(H,15,16)/t9-,11+/m1/s1. The van der Waals surface area contributed by atoms with Gasteiger partial charge in [-0.25, -0.2) is 9.37 Å². The van der Waals surface area contributed by atoms with Crippen molar-refractivity contribution >= 4 is 5.82 Å². The van der Waals surface area contributed by atoms with Gasteiger partial charge in [0, 0.05) is 18.7 Å². The molecule has 0 unspecified atom stereocenters. The van der Waals surface area contributed by atoms with Gasteiger partial charge in [0.25, 0.3) is 0 Å². The molecule has 0 aliphatic rings. The van der Waals surface area contributed by atoms with Gasteiger partial charge in [-0.3, -0.25) is 0 Å². The summed E-state index contributed by atoms with van der Waals surface area (Å²) in [6.07, 6.45) is 2.72. The van der Waals surface area contributed by atoms with E-state index in [2.05, 4.69) is 10.3 Å². The monoisotopic (exact) mass is 250 g/mol. The molecule has 2 N–H and O–H groups in total. The van der Waals surface area contributed by atoms with Gasteiger partial charge in [-0.2, -0.15) is 0 Å². The lowest BCUT2D eigenvalue weighted by atomic mass is 10.1. The third kappa shape index (κ3) is 3.07. The molecule has 4 nitrogen and oxygen atoms in total. The van der Waals surface area contributed by atoms with E-state index in [0.717, 1.165) is 0 Å². The molecule has 0 aromatic carbocycles. The van der Waals surface area contributed by atoms with Crippen molar-refractivity contribution in [2.24, 2.45) is 0 Å². The lowest BCUT2D eigenvalue weighted by molar-refractivity contribution is 0.136. The number of halogens is 1. The number of aliphatic hydroxyl groups excluding tert-OH is 1. The maximum Gasteiger partial charge on any atom is 0.165 e. The fraction of sp³-hybridized carbons (Fsp3) is 0.308. The van der Waals surface area contributed by atoms with E-state index in [0.29, 0.717) is 12.2 Å². The molecule has 2 aromatic rings. The van der Waals surface area contributed by atoms with E-state index in [4.69, 9.17) is 4.42 Å². The van der Waals surface area contributed by atoms with Gasteiger partial charge < -0.3 is 14.8 Å². The largest absolute Gasteiger partial charge is 0.467 e. The predicted molar refractivity (Wildman–Crippen MR) is 65.6 cm³/mol. The fourth-order valence-electron chi connectivity index (χ4n) is 1.72. The number of hydrogen-bond donors (Lipinski definition) is 2. The number of rotatable bonds is 5. The van der Waals surface area contributed by atoms with Crippen LogP contribution in [-0.2, 0) is 0 Å². The highest BCUT2D eigenvalue weighted by Crippen LogP contribution is 2.20. The molecule has 0 bridgehead atoms. The van der Waals surface area contributed by atoms with Crippen molar-refractivity contribution in [3.8, 4) is 0 Å². The average Bonchev–Trinajstić information content (AvgIpc) is 2.85. The summed E-state index contributed by atoms with van der Waals surface area (Å²) in [6.45, 7) is 1.85. The molecule has 18 heavy (non-hydrogen) atoms. The third-order valence-corrected chi connectivity index (χ3v) is 2.59. The molecule has 0 fully saturated rings. The zero-order valence-corrected chi connectivity index (χ0v) is 10.0. The van der Waals surface area contributed by atoms with Crippen LogP contribution in [0.4, 0.5) is 10.2 Å². The molecule has 96 valence electrons. The maximum absolute atomic E-state index is 13.4. The Bertz CT molecular complexity index is 487. The van der Waals surface area contributed by atoms with Crippen molar-refractivity contribution in [1.29, 1.82) is 0 Å². The Morgan fingerprint density at radius 2 is 2.28 bits per heavy atom. The summed E-state index contributed by atoms with van der Waals surface area (Å²) >= 11 is 0. The van der Waals surface area contributed by atoms with Gasteiger partial charge in [0.05, 0.1) is 6.26 Å². The summed E-state index contributed by atoms with van der Waals surface area (Å²) in [5.41, 5.74) is 0. The first-order valence-electron chi connectivity index (χ1n) is 5.75. The van der Waals surface area contributed by atoms with Gasteiger partial charge >= 0.3 is 0 Å². The number of hydrogen-bond acceptors (Lipinski definition) is 4. The Labute approximate surface area is 104 Å². The van der Waals surface area contributed by atoms with Crippen LogP contribution in [-0.4, -0.2) is 16.1 Å². The Kier molecular flexibility index (Phi) is 3.94. The Hall–Kier alpha value is -1.88. The number of aromatic nitrogens is 1. The van der Waals surface area contributed by atoms with Crippen LogP contribution in [0.25, 0.3) is 0 Å². The Morgan fingerprint density at radius 1 is 1.44 bits per heavy atom. The fourth-order valence-corrected chi connectivity index (χ4v) is 1.72. The van der Waals surface area contributed by atoms with Gasteiger partial charge in [-0.15, -0.1) is 0 Å². The van der Waals surface area contributed by atoms with Crippen molar-refractivity contribution in [2.75, 3.05) is 5.32 Å². The van der Waals surface area contributed by atoms with Crippen LogP contribution in [0.3, 0.4) is 0 Å². The molecule has 2 aromatic heterocycles. The maximum atomic E-state index is 13.4. The molecule has 0 amide bonds. The van der Waals surface area contributed by atoms with Gasteiger partial charge in [-0.1, -0.05) is 0 Å². The topological polar surface area (TPSA) is 58.3 Å². The summed E-state index contributed by atoms with van der Waals surface area (Å²) in [4.78, 5) is 3.90. The summed E-state index contributed by atoms with van der Waals surface area (Å²) in [5.74, 6) is 0.290.